The monoisotopic (exact) mass is 266 g/mol. The summed E-state index contributed by atoms with van der Waals surface area (Å²) >= 11 is 1.58. The minimum absolute atomic E-state index is 0.229. The van der Waals surface area contributed by atoms with Crippen molar-refractivity contribution >= 4 is 17.2 Å². The first-order chi connectivity index (χ1) is 8.63. The minimum atomic E-state index is 0.229. The third-order valence-corrected chi connectivity index (χ3v) is 4.50. The van der Waals surface area contributed by atoms with Gasteiger partial charge < -0.3 is 10.2 Å². The summed E-state index contributed by atoms with van der Waals surface area (Å²) in [6, 6.07) is 2.09. The Morgan fingerprint density at radius 3 is 3.06 bits per heavy atom. The number of rotatable bonds is 4. The summed E-state index contributed by atoms with van der Waals surface area (Å²) in [6.45, 7) is 7.10. The van der Waals surface area contributed by atoms with Gasteiger partial charge in [-0.1, -0.05) is 13.8 Å². The lowest BCUT2D eigenvalue weighted by Gasteiger charge is -2.17. The van der Waals surface area contributed by atoms with Gasteiger partial charge in [0.2, 0.25) is 0 Å². The van der Waals surface area contributed by atoms with Crippen molar-refractivity contribution in [2.45, 2.75) is 26.2 Å². The van der Waals surface area contributed by atoms with Gasteiger partial charge in [-0.15, -0.1) is 11.3 Å². The largest absolute Gasteiger partial charge is 0.338 e. The van der Waals surface area contributed by atoms with Gasteiger partial charge in [-0.3, -0.25) is 4.79 Å². The van der Waals surface area contributed by atoms with E-state index in [1.165, 1.54) is 5.56 Å². The SMILES string of the molecule is CNCC1CCN(C(=O)c2sccc2C(C)C)C1. The molecule has 1 saturated heterocycles. The van der Waals surface area contributed by atoms with Crippen LogP contribution >= 0.6 is 11.3 Å². The first-order valence-electron chi connectivity index (χ1n) is 6.64. The molecule has 2 rings (SSSR count). The maximum atomic E-state index is 12.5. The lowest BCUT2D eigenvalue weighted by atomic mass is 10.0. The number of nitrogens with one attached hydrogen (secondary N) is 1. The average Bonchev–Trinajstić information content (AvgIpc) is 2.96. The molecule has 1 aliphatic heterocycles. The van der Waals surface area contributed by atoms with Gasteiger partial charge in [-0.05, 0) is 48.9 Å². The Kier molecular flexibility index (Phi) is 4.40. The van der Waals surface area contributed by atoms with E-state index in [2.05, 4.69) is 25.2 Å². The third-order valence-electron chi connectivity index (χ3n) is 3.58. The zero-order valence-corrected chi connectivity index (χ0v) is 12.2. The Balaban J connectivity index is 2.06. The van der Waals surface area contributed by atoms with Crippen molar-refractivity contribution in [3.63, 3.8) is 0 Å². The number of hydrogen-bond donors (Lipinski definition) is 1. The van der Waals surface area contributed by atoms with E-state index in [1.807, 2.05) is 17.3 Å². The fourth-order valence-corrected chi connectivity index (χ4v) is 3.58. The zero-order chi connectivity index (χ0) is 13.1. The van der Waals surface area contributed by atoms with Crippen LogP contribution in [0.1, 0.15) is 41.4 Å². The van der Waals surface area contributed by atoms with Gasteiger partial charge in [0.1, 0.15) is 0 Å². The predicted octanol–water partition coefficient (Wildman–Crippen LogP) is 2.55. The van der Waals surface area contributed by atoms with E-state index in [1.54, 1.807) is 11.3 Å². The molecule has 0 saturated carbocycles. The van der Waals surface area contributed by atoms with Gasteiger partial charge in [-0.25, -0.2) is 0 Å². The molecule has 1 atom stereocenters. The van der Waals surface area contributed by atoms with Gasteiger partial charge in [0.05, 0.1) is 4.88 Å². The fraction of sp³-hybridized carbons (Fsp3) is 0.643. The van der Waals surface area contributed by atoms with Crippen molar-refractivity contribution in [3.8, 4) is 0 Å². The van der Waals surface area contributed by atoms with Crippen LogP contribution in [-0.4, -0.2) is 37.5 Å². The third kappa shape index (κ3) is 2.75. The number of carbonyl (C=O) groups excluding carboxylic acids is 1. The molecular formula is C14H22N2OS. The molecule has 1 aromatic rings. The van der Waals surface area contributed by atoms with Crippen LogP contribution in [0.5, 0.6) is 0 Å². The Labute approximate surface area is 113 Å². The van der Waals surface area contributed by atoms with Crippen LogP contribution in [0, 0.1) is 5.92 Å². The van der Waals surface area contributed by atoms with Crippen molar-refractivity contribution < 1.29 is 4.79 Å². The van der Waals surface area contributed by atoms with Gasteiger partial charge >= 0.3 is 0 Å². The molecule has 1 amide bonds. The first-order valence-corrected chi connectivity index (χ1v) is 7.52. The highest BCUT2D eigenvalue weighted by Crippen LogP contribution is 2.28. The zero-order valence-electron chi connectivity index (χ0n) is 11.4. The fourth-order valence-electron chi connectivity index (χ4n) is 2.56. The maximum absolute atomic E-state index is 12.5. The van der Waals surface area contributed by atoms with Crippen LogP contribution in [0.2, 0.25) is 0 Å². The maximum Gasteiger partial charge on any atom is 0.264 e. The Morgan fingerprint density at radius 1 is 1.61 bits per heavy atom. The summed E-state index contributed by atoms with van der Waals surface area (Å²) in [4.78, 5) is 15.5. The molecule has 0 bridgehead atoms. The van der Waals surface area contributed by atoms with E-state index < -0.39 is 0 Å². The van der Waals surface area contributed by atoms with Crippen molar-refractivity contribution in [2.24, 2.45) is 5.92 Å². The molecule has 0 aromatic carbocycles. The molecule has 0 spiro atoms. The molecular weight excluding hydrogens is 244 g/mol. The summed E-state index contributed by atoms with van der Waals surface area (Å²) in [7, 11) is 1.97. The van der Waals surface area contributed by atoms with Gasteiger partial charge in [-0.2, -0.15) is 0 Å². The molecule has 0 radical (unpaired) electrons. The van der Waals surface area contributed by atoms with Crippen molar-refractivity contribution in [2.75, 3.05) is 26.7 Å². The molecule has 100 valence electrons. The molecule has 3 nitrogen and oxygen atoms in total. The van der Waals surface area contributed by atoms with E-state index in [9.17, 15) is 4.79 Å². The minimum Gasteiger partial charge on any atom is -0.338 e. The van der Waals surface area contributed by atoms with Crippen molar-refractivity contribution in [1.29, 1.82) is 0 Å². The number of likely N-dealkylation sites (tertiary alicyclic amines) is 1. The topological polar surface area (TPSA) is 32.3 Å². The second kappa shape index (κ2) is 5.85. The average molecular weight is 266 g/mol. The summed E-state index contributed by atoms with van der Waals surface area (Å²) in [5.41, 5.74) is 1.20. The number of nitrogens with zero attached hydrogens (tertiary/aromatic N) is 1. The second-order valence-corrected chi connectivity index (χ2v) is 6.24. The number of hydrogen-bond acceptors (Lipinski definition) is 3. The first kappa shape index (κ1) is 13.6. The smallest absolute Gasteiger partial charge is 0.264 e. The molecule has 0 aliphatic carbocycles. The second-order valence-electron chi connectivity index (χ2n) is 5.32. The Morgan fingerprint density at radius 2 is 2.39 bits per heavy atom. The summed E-state index contributed by atoms with van der Waals surface area (Å²) in [6.07, 6.45) is 1.12. The highest BCUT2D eigenvalue weighted by atomic mass is 32.1. The normalized spacial score (nSPS) is 19.8. The van der Waals surface area contributed by atoms with Crippen LogP contribution in [-0.2, 0) is 0 Å². The summed E-state index contributed by atoms with van der Waals surface area (Å²) < 4.78 is 0. The van der Waals surface area contributed by atoms with Gasteiger partial charge in [0.15, 0.2) is 0 Å². The molecule has 1 fully saturated rings. The summed E-state index contributed by atoms with van der Waals surface area (Å²) in [5, 5.41) is 5.23. The number of carbonyl (C=O) groups is 1. The van der Waals surface area contributed by atoms with Crippen LogP contribution in [0.25, 0.3) is 0 Å². The molecule has 1 aromatic heterocycles. The van der Waals surface area contributed by atoms with Crippen LogP contribution < -0.4 is 5.32 Å². The molecule has 2 heterocycles. The number of thiophene rings is 1. The molecule has 4 heteroatoms. The highest BCUT2D eigenvalue weighted by Gasteiger charge is 2.28. The van der Waals surface area contributed by atoms with E-state index in [0.29, 0.717) is 11.8 Å². The van der Waals surface area contributed by atoms with E-state index >= 15 is 0 Å². The van der Waals surface area contributed by atoms with Crippen molar-refractivity contribution in [1.82, 2.24) is 10.2 Å². The van der Waals surface area contributed by atoms with Crippen LogP contribution in [0.3, 0.4) is 0 Å². The lowest BCUT2D eigenvalue weighted by molar-refractivity contribution is 0.0790. The standard InChI is InChI=1S/C14H22N2OS/c1-10(2)12-5-7-18-13(12)14(17)16-6-4-11(9-16)8-15-3/h5,7,10-11,15H,4,6,8-9H2,1-3H3. The molecule has 1 unspecified atom stereocenters. The lowest BCUT2D eigenvalue weighted by Crippen LogP contribution is -2.30. The molecule has 1 N–H and O–H groups in total. The van der Waals surface area contributed by atoms with Crippen LogP contribution in [0.4, 0.5) is 0 Å². The van der Waals surface area contributed by atoms with Gasteiger partial charge in [0.25, 0.3) is 5.91 Å². The summed E-state index contributed by atoms with van der Waals surface area (Å²) in [5.74, 6) is 1.26. The quantitative estimate of drug-likeness (QED) is 0.908. The predicted molar refractivity (Wildman–Crippen MR) is 76.3 cm³/mol. The van der Waals surface area contributed by atoms with Gasteiger partial charge in [0, 0.05) is 13.1 Å². The molecule has 18 heavy (non-hydrogen) atoms. The van der Waals surface area contributed by atoms with E-state index in [0.717, 1.165) is 30.9 Å². The highest BCUT2D eigenvalue weighted by molar-refractivity contribution is 7.12. The number of amides is 1. The van der Waals surface area contributed by atoms with E-state index in [4.69, 9.17) is 0 Å². The Bertz CT molecular complexity index is 414. The van der Waals surface area contributed by atoms with Crippen LogP contribution in [0.15, 0.2) is 11.4 Å². The Hall–Kier alpha value is -0.870. The molecule has 1 aliphatic rings. The van der Waals surface area contributed by atoms with E-state index in [-0.39, 0.29) is 5.91 Å². The van der Waals surface area contributed by atoms with Crippen molar-refractivity contribution in [3.05, 3.63) is 21.9 Å².